The van der Waals surface area contributed by atoms with Gasteiger partial charge in [0.05, 0.1) is 27.5 Å². The molecule has 0 unspecified atom stereocenters. The van der Waals surface area contributed by atoms with Crippen LogP contribution in [-0.2, 0) is 16.2 Å². The molecule has 4 nitrogen and oxygen atoms in total. The van der Waals surface area contributed by atoms with Crippen LogP contribution in [0.4, 0.5) is 0 Å². The van der Waals surface area contributed by atoms with Crippen molar-refractivity contribution >= 4 is 43.6 Å². The standard InChI is InChI=1S/C55H48N4/c1-53(2,3)37-21-25-39(26-22-37)55(40-27-23-38(24-28-40)54(4,5)6,41-29-31-45-43-15-7-9-17-47(43)58(49(45)35-41)51-19-11-13-33-56-51)42-30-32-46-44-16-8-10-18-48(44)59(50(46)36-42)52-20-12-14-34-57-52/h7-36H,1-6H3. The Balaban J connectivity index is 1.36. The van der Waals surface area contributed by atoms with Gasteiger partial charge in [-0.1, -0.05) is 163 Å². The van der Waals surface area contributed by atoms with Gasteiger partial charge in [0.15, 0.2) is 0 Å². The first kappa shape index (κ1) is 36.6. The normalized spacial score (nSPS) is 12.6. The van der Waals surface area contributed by atoms with Gasteiger partial charge in [-0.15, -0.1) is 0 Å². The van der Waals surface area contributed by atoms with Crippen LogP contribution in [0.3, 0.4) is 0 Å². The van der Waals surface area contributed by atoms with Crippen LogP contribution in [0.1, 0.15) is 74.9 Å². The molecule has 0 amide bonds. The number of benzene rings is 6. The molecule has 0 radical (unpaired) electrons. The highest BCUT2D eigenvalue weighted by molar-refractivity contribution is 6.10. The third kappa shape index (κ3) is 5.88. The molecular formula is C55H48N4. The average molecular weight is 765 g/mol. The summed E-state index contributed by atoms with van der Waals surface area (Å²) >= 11 is 0. The lowest BCUT2D eigenvalue weighted by Crippen LogP contribution is -2.31. The number of hydrogen-bond donors (Lipinski definition) is 0. The molecule has 0 aliphatic carbocycles. The maximum Gasteiger partial charge on any atom is 0.137 e. The molecule has 0 bridgehead atoms. The van der Waals surface area contributed by atoms with Crippen LogP contribution < -0.4 is 0 Å². The molecule has 288 valence electrons. The van der Waals surface area contributed by atoms with Gasteiger partial charge in [0, 0.05) is 33.9 Å². The molecule has 0 fully saturated rings. The van der Waals surface area contributed by atoms with E-state index >= 15 is 0 Å². The largest absolute Gasteiger partial charge is 0.294 e. The zero-order valence-corrected chi connectivity index (χ0v) is 34.6. The number of nitrogens with zero attached hydrogens (tertiary/aromatic N) is 4. The number of hydrogen-bond acceptors (Lipinski definition) is 2. The zero-order chi connectivity index (χ0) is 40.5. The van der Waals surface area contributed by atoms with Crippen LogP contribution in [-0.4, -0.2) is 19.1 Å². The summed E-state index contributed by atoms with van der Waals surface area (Å²) in [6.07, 6.45) is 3.76. The van der Waals surface area contributed by atoms with E-state index in [-0.39, 0.29) is 10.8 Å². The Morgan fingerprint density at radius 2 is 0.661 bits per heavy atom. The summed E-state index contributed by atoms with van der Waals surface area (Å²) in [5, 5.41) is 4.80. The van der Waals surface area contributed by atoms with Gasteiger partial charge in [-0.2, -0.15) is 0 Å². The van der Waals surface area contributed by atoms with Crippen LogP contribution >= 0.6 is 0 Å². The topological polar surface area (TPSA) is 35.6 Å². The number of fused-ring (bicyclic) bond motifs is 6. The predicted molar refractivity (Wildman–Crippen MR) is 246 cm³/mol. The second-order valence-electron chi connectivity index (χ2n) is 17.9. The second kappa shape index (κ2) is 13.7. The molecule has 0 spiro atoms. The zero-order valence-electron chi connectivity index (χ0n) is 34.6. The SMILES string of the molecule is CC(C)(C)c1ccc(C(c2ccc(C(C)(C)C)cc2)(c2ccc3c4ccccc4n(-c4ccccn4)c3c2)c2ccc3c4ccccc4n(-c4ccccn4)c3c2)cc1. The molecule has 0 N–H and O–H groups in total. The van der Waals surface area contributed by atoms with Crippen molar-refractivity contribution in [3.63, 3.8) is 0 Å². The van der Waals surface area contributed by atoms with Crippen molar-refractivity contribution in [2.24, 2.45) is 0 Å². The summed E-state index contributed by atoms with van der Waals surface area (Å²) < 4.78 is 4.65. The summed E-state index contributed by atoms with van der Waals surface area (Å²) in [6.45, 7) is 13.7. The van der Waals surface area contributed by atoms with E-state index in [0.29, 0.717) is 0 Å². The van der Waals surface area contributed by atoms with E-state index in [1.54, 1.807) is 0 Å². The number of rotatable bonds is 6. The highest BCUT2D eigenvalue weighted by Crippen LogP contribution is 2.49. The van der Waals surface area contributed by atoms with Gasteiger partial charge >= 0.3 is 0 Å². The van der Waals surface area contributed by atoms with Crippen molar-refractivity contribution in [2.75, 3.05) is 0 Å². The van der Waals surface area contributed by atoms with Crippen molar-refractivity contribution < 1.29 is 0 Å². The Hall–Kier alpha value is -6.78. The minimum atomic E-state index is -0.730. The molecule has 10 aromatic rings. The van der Waals surface area contributed by atoms with Gasteiger partial charge in [0.2, 0.25) is 0 Å². The number of pyridine rings is 2. The van der Waals surface area contributed by atoms with Crippen molar-refractivity contribution in [2.45, 2.75) is 57.8 Å². The lowest BCUT2D eigenvalue weighted by atomic mass is 9.64. The Morgan fingerprint density at radius 3 is 1.03 bits per heavy atom. The summed E-state index contributed by atoms with van der Waals surface area (Å²) in [6, 6.07) is 62.8. The summed E-state index contributed by atoms with van der Waals surface area (Å²) in [7, 11) is 0. The summed E-state index contributed by atoms with van der Waals surface area (Å²) in [5.74, 6) is 1.79. The molecule has 0 saturated carbocycles. The fourth-order valence-corrected chi connectivity index (χ4v) is 9.31. The monoisotopic (exact) mass is 764 g/mol. The van der Waals surface area contributed by atoms with E-state index in [4.69, 9.17) is 9.97 Å². The van der Waals surface area contributed by atoms with E-state index in [9.17, 15) is 0 Å². The molecule has 4 heterocycles. The second-order valence-corrected chi connectivity index (χ2v) is 17.9. The first-order valence-electron chi connectivity index (χ1n) is 20.7. The van der Waals surface area contributed by atoms with Gasteiger partial charge < -0.3 is 0 Å². The lowest BCUT2D eigenvalue weighted by molar-refractivity contribution is 0.588. The van der Waals surface area contributed by atoms with Crippen molar-refractivity contribution in [1.29, 1.82) is 0 Å². The Bertz CT molecular complexity index is 2920. The van der Waals surface area contributed by atoms with E-state index in [0.717, 1.165) is 33.7 Å². The smallest absolute Gasteiger partial charge is 0.137 e. The van der Waals surface area contributed by atoms with Crippen LogP contribution in [0.5, 0.6) is 0 Å². The fourth-order valence-electron chi connectivity index (χ4n) is 9.31. The van der Waals surface area contributed by atoms with Gasteiger partial charge in [-0.3, -0.25) is 9.13 Å². The molecule has 6 aromatic carbocycles. The van der Waals surface area contributed by atoms with Gasteiger partial charge in [-0.25, -0.2) is 9.97 Å². The highest BCUT2D eigenvalue weighted by Gasteiger charge is 2.40. The highest BCUT2D eigenvalue weighted by atomic mass is 15.1. The minimum absolute atomic E-state index is 0.000604. The van der Waals surface area contributed by atoms with E-state index in [2.05, 4.69) is 208 Å². The van der Waals surface area contributed by atoms with E-state index in [1.165, 1.54) is 54.9 Å². The quantitative estimate of drug-likeness (QED) is 0.158. The third-order valence-electron chi connectivity index (χ3n) is 12.3. The van der Waals surface area contributed by atoms with Crippen molar-refractivity contribution in [3.8, 4) is 11.6 Å². The van der Waals surface area contributed by atoms with Crippen LogP contribution in [0, 0.1) is 0 Å². The molecule has 10 rings (SSSR count). The average Bonchev–Trinajstić information content (AvgIpc) is 3.77. The van der Waals surface area contributed by atoms with Gasteiger partial charge in [0.1, 0.15) is 11.6 Å². The molecule has 0 saturated heterocycles. The number of aromatic nitrogens is 4. The maximum absolute atomic E-state index is 4.90. The fraction of sp³-hybridized carbons (Fsp3) is 0.164. The Kier molecular flexibility index (Phi) is 8.47. The summed E-state index contributed by atoms with van der Waals surface area (Å²) in [5.41, 5.74) is 11.1. The van der Waals surface area contributed by atoms with Crippen molar-refractivity contribution in [3.05, 3.63) is 216 Å². The minimum Gasteiger partial charge on any atom is -0.294 e. The van der Waals surface area contributed by atoms with Crippen molar-refractivity contribution in [1.82, 2.24) is 19.1 Å². The third-order valence-corrected chi connectivity index (χ3v) is 12.3. The molecule has 4 aromatic heterocycles. The lowest BCUT2D eigenvalue weighted by Gasteiger charge is -2.38. The molecule has 4 heteroatoms. The molecule has 0 atom stereocenters. The maximum atomic E-state index is 4.90. The molecule has 0 aliphatic heterocycles. The van der Waals surface area contributed by atoms with E-state index in [1.807, 2.05) is 24.5 Å². The Morgan fingerprint density at radius 1 is 0.322 bits per heavy atom. The van der Waals surface area contributed by atoms with Gasteiger partial charge in [-0.05, 0) is 92.7 Å². The van der Waals surface area contributed by atoms with Crippen LogP contribution in [0.15, 0.2) is 182 Å². The predicted octanol–water partition coefficient (Wildman–Crippen LogP) is 13.6. The van der Waals surface area contributed by atoms with Gasteiger partial charge in [0.25, 0.3) is 0 Å². The van der Waals surface area contributed by atoms with E-state index < -0.39 is 5.41 Å². The first-order valence-corrected chi connectivity index (χ1v) is 20.7. The molecule has 0 aliphatic rings. The molecular weight excluding hydrogens is 717 g/mol. The molecule has 59 heavy (non-hydrogen) atoms. The Labute approximate surface area is 346 Å². The number of para-hydroxylation sites is 2. The first-order chi connectivity index (χ1) is 28.5. The van der Waals surface area contributed by atoms with Crippen LogP contribution in [0.2, 0.25) is 0 Å². The summed E-state index contributed by atoms with van der Waals surface area (Å²) in [4.78, 5) is 9.80. The van der Waals surface area contributed by atoms with Crippen LogP contribution in [0.25, 0.3) is 55.2 Å².